The standard InChI is InChI=1S/C19H24B2N4O6/c22-17(18(23)26)5-1-2-7-24(12-13-4-3-6-20-11-13)19(27)14-8-15(21(28)29)10-16(9-14)25(30)31/h3-4,6,8-11,17,28-29H,1-2,5,7,12,22H2,(H2,23,26). The van der Waals surface area contributed by atoms with Crippen molar-refractivity contribution >= 4 is 37.0 Å². The number of nitro benzene ring substituents is 1. The molecule has 0 aliphatic carbocycles. The van der Waals surface area contributed by atoms with E-state index in [0.29, 0.717) is 25.8 Å². The van der Waals surface area contributed by atoms with E-state index in [-0.39, 0.29) is 17.6 Å². The first-order valence-electron chi connectivity index (χ1n) is 9.72. The second-order valence-electron chi connectivity index (χ2n) is 7.16. The van der Waals surface area contributed by atoms with Crippen LogP contribution in [0.15, 0.2) is 42.3 Å². The van der Waals surface area contributed by atoms with Crippen LogP contribution in [0, 0.1) is 10.1 Å². The van der Waals surface area contributed by atoms with Gasteiger partial charge < -0.3 is 0 Å². The van der Waals surface area contributed by atoms with E-state index in [2.05, 4.69) is 0 Å². The second-order valence-corrected chi connectivity index (χ2v) is 7.16. The molecule has 0 radical (unpaired) electrons. The van der Waals surface area contributed by atoms with Gasteiger partial charge in [-0.25, -0.2) is 0 Å². The van der Waals surface area contributed by atoms with Gasteiger partial charge in [-0.1, -0.05) is 0 Å². The van der Waals surface area contributed by atoms with E-state index >= 15 is 0 Å². The monoisotopic (exact) mass is 426 g/mol. The first kappa shape index (κ1) is 24.2. The number of hydrogen-bond acceptors (Lipinski definition) is 7. The molecule has 2 aromatic rings. The third-order valence-electron chi connectivity index (χ3n) is 4.76. The maximum atomic E-state index is 13.2. The van der Waals surface area contributed by atoms with E-state index in [1.807, 2.05) is 31.0 Å². The number of nitro groups is 1. The Bertz CT molecular complexity index is 929. The molecule has 0 bridgehead atoms. The Morgan fingerprint density at radius 3 is 2.58 bits per heavy atom. The molecule has 1 aromatic carbocycles. The van der Waals surface area contributed by atoms with Crippen molar-refractivity contribution in [3.05, 3.63) is 63.5 Å². The number of primary amides is 1. The van der Waals surface area contributed by atoms with Crippen LogP contribution in [0.2, 0.25) is 0 Å². The molecule has 0 fully saturated rings. The molecule has 2 rings (SSSR count). The zero-order valence-corrected chi connectivity index (χ0v) is 16.9. The summed E-state index contributed by atoms with van der Waals surface area (Å²) in [5, 5.41) is 30.1. The normalized spacial score (nSPS) is 11.5. The van der Waals surface area contributed by atoms with Crippen molar-refractivity contribution in [1.82, 2.24) is 4.90 Å². The van der Waals surface area contributed by atoms with Gasteiger partial charge in [0, 0.05) is 0 Å². The summed E-state index contributed by atoms with van der Waals surface area (Å²) in [6.07, 6.45) is 1.46. The van der Waals surface area contributed by atoms with Gasteiger partial charge in [-0.2, -0.15) is 0 Å². The molecule has 1 heterocycles. The molecule has 0 spiro atoms. The summed E-state index contributed by atoms with van der Waals surface area (Å²) in [5.41, 5.74) is 11.1. The number of carbonyl (C=O) groups excluding carboxylic acids is 2. The fourth-order valence-corrected chi connectivity index (χ4v) is 3.06. The van der Waals surface area contributed by atoms with Crippen LogP contribution in [0.25, 0.3) is 0 Å². The van der Waals surface area contributed by atoms with Crippen LogP contribution in [0.1, 0.15) is 35.2 Å². The van der Waals surface area contributed by atoms with E-state index in [4.69, 9.17) is 11.5 Å². The summed E-state index contributed by atoms with van der Waals surface area (Å²) >= 11 is 0. The summed E-state index contributed by atoms with van der Waals surface area (Å²) in [5.74, 6) is 2.60. The molecule has 12 heteroatoms. The van der Waals surface area contributed by atoms with Crippen molar-refractivity contribution in [3.8, 4) is 0 Å². The van der Waals surface area contributed by atoms with Crippen molar-refractivity contribution in [2.75, 3.05) is 6.54 Å². The Labute approximate surface area is 180 Å². The quantitative estimate of drug-likeness (QED) is 0.158. The first-order valence-corrected chi connectivity index (χ1v) is 9.72. The summed E-state index contributed by atoms with van der Waals surface area (Å²) in [6, 6.07) is 6.25. The van der Waals surface area contributed by atoms with Gasteiger partial charge in [0.1, 0.15) is 0 Å². The summed E-state index contributed by atoms with van der Waals surface area (Å²) in [7, 11) is -1.95. The number of carbonyl (C=O) groups is 2. The number of amides is 2. The molecule has 1 aromatic heterocycles. The number of benzene rings is 1. The number of non-ortho nitro benzene ring substituents is 1. The topological polar surface area (TPSA) is 173 Å². The number of hydrogen-bond donors (Lipinski definition) is 4. The predicted molar refractivity (Wildman–Crippen MR) is 116 cm³/mol. The molecule has 0 aliphatic rings. The van der Waals surface area contributed by atoms with Crippen molar-refractivity contribution in [1.29, 1.82) is 0 Å². The molecule has 31 heavy (non-hydrogen) atoms. The van der Waals surface area contributed by atoms with E-state index in [1.54, 1.807) is 0 Å². The number of rotatable bonds is 11. The van der Waals surface area contributed by atoms with Crippen LogP contribution in [0.3, 0.4) is 0 Å². The molecule has 2 amide bonds. The Morgan fingerprint density at radius 1 is 1.26 bits per heavy atom. The van der Waals surface area contributed by atoms with Crippen LogP contribution in [-0.2, 0) is 11.3 Å². The van der Waals surface area contributed by atoms with Crippen LogP contribution >= 0.6 is 0 Å². The van der Waals surface area contributed by atoms with Gasteiger partial charge in [0.05, 0.1) is 0 Å². The third kappa shape index (κ3) is 7.28. The Hall–Kier alpha value is -3.08. The van der Waals surface area contributed by atoms with Gasteiger partial charge in [-0.3, -0.25) is 0 Å². The molecule has 0 saturated heterocycles. The van der Waals surface area contributed by atoms with E-state index in [1.165, 1.54) is 11.0 Å². The van der Waals surface area contributed by atoms with E-state index in [0.717, 1.165) is 17.7 Å². The van der Waals surface area contributed by atoms with Crippen LogP contribution in [0.4, 0.5) is 5.69 Å². The molecule has 1 unspecified atom stereocenters. The number of unbranched alkanes of at least 4 members (excludes halogenated alkanes) is 1. The summed E-state index contributed by atoms with van der Waals surface area (Å²) in [4.78, 5) is 36.3. The summed E-state index contributed by atoms with van der Waals surface area (Å²) < 4.78 is 0. The van der Waals surface area contributed by atoms with Gasteiger partial charge in [0.15, 0.2) is 0 Å². The molecular formula is C19H24B2N4O6. The molecule has 0 saturated carbocycles. The first-order chi connectivity index (χ1) is 14.7. The van der Waals surface area contributed by atoms with Gasteiger partial charge in [-0.05, 0) is 0 Å². The van der Waals surface area contributed by atoms with Crippen LogP contribution in [0.5, 0.6) is 0 Å². The van der Waals surface area contributed by atoms with Crippen LogP contribution in [-0.4, -0.2) is 58.3 Å². The van der Waals surface area contributed by atoms with E-state index in [9.17, 15) is 29.8 Å². The fraction of sp³-hybridized carbons (Fsp3) is 0.316. The maximum absolute atomic E-state index is 13.2. The van der Waals surface area contributed by atoms with Crippen molar-refractivity contribution < 1.29 is 24.6 Å². The number of nitrogens with two attached hydrogens (primary N) is 2. The Balaban J connectivity index is 2.24. The molecule has 10 nitrogen and oxygen atoms in total. The summed E-state index contributed by atoms with van der Waals surface area (Å²) in [6.45, 7) is 2.39. The predicted octanol–water partition coefficient (Wildman–Crippen LogP) is -0.762. The minimum atomic E-state index is -1.95. The number of nitrogens with zero attached hydrogens (tertiary/aromatic N) is 2. The molecule has 6 N–H and O–H groups in total. The third-order valence-corrected chi connectivity index (χ3v) is 4.76. The molecule has 1 atom stereocenters. The SMILES string of the molecule is NC(=O)C(N)CCCCN(Cc1cbccc1)C(=O)c1cc(B(O)O)cc([N+](=O)[O-])c1. The fourth-order valence-electron chi connectivity index (χ4n) is 3.06. The van der Waals surface area contributed by atoms with Crippen LogP contribution < -0.4 is 16.9 Å². The molecule has 0 aliphatic heterocycles. The van der Waals surface area contributed by atoms with Crippen molar-refractivity contribution in [2.45, 2.75) is 31.8 Å². The average molecular weight is 426 g/mol. The molecule has 162 valence electrons. The van der Waals surface area contributed by atoms with Gasteiger partial charge in [0.25, 0.3) is 0 Å². The molecular weight excluding hydrogens is 402 g/mol. The second kappa shape index (κ2) is 11.3. The zero-order valence-electron chi connectivity index (χ0n) is 16.9. The van der Waals surface area contributed by atoms with Crippen molar-refractivity contribution in [2.24, 2.45) is 11.5 Å². The van der Waals surface area contributed by atoms with Gasteiger partial charge >= 0.3 is 180 Å². The Kier molecular flexibility index (Phi) is 8.86. The minimum absolute atomic E-state index is 0.0259. The zero-order chi connectivity index (χ0) is 23.0. The van der Waals surface area contributed by atoms with Crippen molar-refractivity contribution in [3.63, 3.8) is 0 Å². The van der Waals surface area contributed by atoms with E-state index < -0.39 is 35.6 Å². The average Bonchev–Trinajstić information content (AvgIpc) is 2.75. The van der Waals surface area contributed by atoms with Gasteiger partial charge in [0.2, 0.25) is 0 Å². The Morgan fingerprint density at radius 2 is 2.00 bits per heavy atom. The van der Waals surface area contributed by atoms with Gasteiger partial charge in [-0.15, -0.1) is 0 Å².